The molecule has 0 fully saturated rings. The number of hydrogen-bond donors (Lipinski definition) is 3. The summed E-state index contributed by atoms with van der Waals surface area (Å²) in [4.78, 5) is 12.5. The first-order valence-corrected chi connectivity index (χ1v) is 9.93. The number of nitrogens with one attached hydrogen (secondary N) is 2. The zero-order valence-electron chi connectivity index (χ0n) is 14.2. The van der Waals surface area contributed by atoms with E-state index in [2.05, 4.69) is 10.0 Å². The Hall–Kier alpha value is -0.960. The smallest absolute Gasteiger partial charge is 0.250 e. The summed E-state index contributed by atoms with van der Waals surface area (Å²) in [5, 5.41) is 2.84. The molecule has 0 aliphatic rings. The molecule has 0 unspecified atom stereocenters. The molecule has 1 heterocycles. The summed E-state index contributed by atoms with van der Waals surface area (Å²) < 4.78 is 27.1. The summed E-state index contributed by atoms with van der Waals surface area (Å²) in [5.74, 6) is 0.350. The highest BCUT2D eigenvalue weighted by Gasteiger charge is 2.20. The molecule has 8 heteroatoms. The van der Waals surface area contributed by atoms with Gasteiger partial charge in [-0.3, -0.25) is 4.79 Å². The van der Waals surface area contributed by atoms with Gasteiger partial charge in [-0.2, -0.15) is 0 Å². The number of carbonyl (C=O) groups excluding carboxylic acids is 1. The van der Waals surface area contributed by atoms with Gasteiger partial charge >= 0.3 is 0 Å². The van der Waals surface area contributed by atoms with Gasteiger partial charge in [-0.1, -0.05) is 13.8 Å². The van der Waals surface area contributed by atoms with Crippen molar-refractivity contribution in [2.75, 3.05) is 13.1 Å². The Morgan fingerprint density at radius 1 is 1.35 bits per heavy atom. The van der Waals surface area contributed by atoms with E-state index in [0.717, 1.165) is 4.88 Å². The molecule has 1 aromatic rings. The highest BCUT2D eigenvalue weighted by Crippen LogP contribution is 2.21. The molecular weight excluding hydrogens is 334 g/mol. The first kappa shape index (κ1) is 20.1. The number of hydrogen-bond acceptors (Lipinski definition) is 5. The summed E-state index contributed by atoms with van der Waals surface area (Å²) in [6, 6.07) is 3.36. The maximum absolute atomic E-state index is 12.2. The standard InChI is InChI=1S/C15H27N3O3S2/c1-11(2)9-13(19)17-8-7-12-5-6-14(22-12)23(20,21)18-10-15(3,4)16/h5-6,11,18H,7-10,16H2,1-4H3,(H,17,19). The fourth-order valence-corrected chi connectivity index (χ4v) is 4.38. The minimum absolute atomic E-state index is 0.0243. The molecule has 0 atom stereocenters. The predicted octanol–water partition coefficient (Wildman–Crippen LogP) is 1.47. The van der Waals surface area contributed by atoms with Crippen molar-refractivity contribution in [2.45, 2.75) is 50.3 Å². The predicted molar refractivity (Wildman–Crippen MR) is 93.9 cm³/mol. The molecule has 0 saturated carbocycles. The van der Waals surface area contributed by atoms with E-state index in [1.165, 1.54) is 11.3 Å². The summed E-state index contributed by atoms with van der Waals surface area (Å²) >= 11 is 1.21. The molecule has 4 N–H and O–H groups in total. The molecule has 23 heavy (non-hydrogen) atoms. The molecule has 0 spiro atoms. The van der Waals surface area contributed by atoms with Crippen molar-refractivity contribution in [3.8, 4) is 0 Å². The SMILES string of the molecule is CC(C)CC(=O)NCCc1ccc(S(=O)(=O)NCC(C)(C)N)s1. The fourth-order valence-electron chi connectivity index (χ4n) is 1.76. The number of sulfonamides is 1. The maximum Gasteiger partial charge on any atom is 0.250 e. The van der Waals surface area contributed by atoms with Crippen molar-refractivity contribution in [3.05, 3.63) is 17.0 Å². The van der Waals surface area contributed by atoms with Crippen molar-refractivity contribution in [2.24, 2.45) is 11.7 Å². The quantitative estimate of drug-likeness (QED) is 0.620. The topological polar surface area (TPSA) is 101 Å². The third kappa shape index (κ3) is 7.92. The van der Waals surface area contributed by atoms with Crippen LogP contribution in [0.25, 0.3) is 0 Å². The molecule has 0 bridgehead atoms. The fraction of sp³-hybridized carbons (Fsp3) is 0.667. The van der Waals surface area contributed by atoms with Gasteiger partial charge in [0.15, 0.2) is 0 Å². The van der Waals surface area contributed by atoms with Crippen molar-refractivity contribution in [3.63, 3.8) is 0 Å². The maximum atomic E-state index is 12.2. The van der Waals surface area contributed by atoms with Crippen LogP contribution in [0.2, 0.25) is 0 Å². The van der Waals surface area contributed by atoms with Crippen LogP contribution in [-0.2, 0) is 21.2 Å². The third-order valence-corrected chi connectivity index (χ3v) is 5.94. The Morgan fingerprint density at radius 2 is 2.00 bits per heavy atom. The van der Waals surface area contributed by atoms with E-state index in [-0.39, 0.29) is 16.7 Å². The lowest BCUT2D eigenvalue weighted by molar-refractivity contribution is -0.121. The monoisotopic (exact) mass is 361 g/mol. The Bertz CT molecular complexity index is 616. The molecular formula is C15H27N3O3S2. The van der Waals surface area contributed by atoms with Gasteiger partial charge in [0.1, 0.15) is 4.21 Å². The number of thiophene rings is 1. The van der Waals surface area contributed by atoms with Crippen LogP contribution in [0.5, 0.6) is 0 Å². The van der Waals surface area contributed by atoms with E-state index in [0.29, 0.717) is 25.3 Å². The van der Waals surface area contributed by atoms with E-state index < -0.39 is 15.6 Å². The zero-order chi connectivity index (χ0) is 17.7. The highest BCUT2D eigenvalue weighted by molar-refractivity contribution is 7.91. The molecule has 1 rings (SSSR count). The second-order valence-electron chi connectivity index (χ2n) is 6.73. The van der Waals surface area contributed by atoms with Gasteiger partial charge in [0.25, 0.3) is 0 Å². The lowest BCUT2D eigenvalue weighted by Crippen LogP contribution is -2.44. The summed E-state index contributed by atoms with van der Waals surface area (Å²) in [6.45, 7) is 8.18. The van der Waals surface area contributed by atoms with E-state index in [1.807, 2.05) is 13.8 Å². The second kappa shape index (κ2) is 8.23. The van der Waals surface area contributed by atoms with E-state index in [4.69, 9.17) is 5.73 Å². The highest BCUT2D eigenvalue weighted by atomic mass is 32.2. The molecule has 0 aromatic carbocycles. The molecule has 0 aliphatic carbocycles. The summed E-state index contributed by atoms with van der Waals surface area (Å²) in [6.07, 6.45) is 1.12. The second-order valence-corrected chi connectivity index (χ2v) is 9.89. The van der Waals surface area contributed by atoms with Gasteiger partial charge in [-0.15, -0.1) is 11.3 Å². The van der Waals surface area contributed by atoms with Crippen LogP contribution < -0.4 is 15.8 Å². The van der Waals surface area contributed by atoms with Crippen LogP contribution in [-0.4, -0.2) is 33.0 Å². The van der Waals surface area contributed by atoms with Crippen molar-refractivity contribution < 1.29 is 13.2 Å². The molecule has 0 aliphatic heterocycles. The van der Waals surface area contributed by atoms with Gasteiger partial charge in [0.05, 0.1) is 0 Å². The van der Waals surface area contributed by atoms with Crippen LogP contribution in [0.1, 0.15) is 39.0 Å². The van der Waals surface area contributed by atoms with Crippen molar-refractivity contribution >= 4 is 27.3 Å². The normalized spacial score (nSPS) is 12.6. The third-order valence-electron chi connectivity index (χ3n) is 2.91. The van der Waals surface area contributed by atoms with E-state index in [1.54, 1.807) is 26.0 Å². The molecule has 6 nitrogen and oxygen atoms in total. The minimum Gasteiger partial charge on any atom is -0.356 e. The summed E-state index contributed by atoms with van der Waals surface area (Å²) in [5.41, 5.74) is 5.19. The number of rotatable bonds is 9. The van der Waals surface area contributed by atoms with E-state index in [9.17, 15) is 13.2 Å². The van der Waals surface area contributed by atoms with Crippen LogP contribution in [0.4, 0.5) is 0 Å². The zero-order valence-corrected chi connectivity index (χ0v) is 15.8. The van der Waals surface area contributed by atoms with Crippen LogP contribution >= 0.6 is 11.3 Å². The van der Waals surface area contributed by atoms with Crippen molar-refractivity contribution in [1.29, 1.82) is 0 Å². The first-order chi connectivity index (χ1) is 10.5. The molecule has 132 valence electrons. The van der Waals surface area contributed by atoms with Gasteiger partial charge in [0.2, 0.25) is 15.9 Å². The van der Waals surface area contributed by atoms with Gasteiger partial charge < -0.3 is 11.1 Å². The van der Waals surface area contributed by atoms with Gasteiger partial charge in [-0.25, -0.2) is 13.1 Å². The molecule has 0 saturated heterocycles. The average Bonchev–Trinajstić information content (AvgIpc) is 2.84. The van der Waals surface area contributed by atoms with Crippen LogP contribution in [0.15, 0.2) is 16.3 Å². The first-order valence-electron chi connectivity index (χ1n) is 7.63. The number of nitrogens with two attached hydrogens (primary N) is 1. The van der Waals surface area contributed by atoms with Crippen molar-refractivity contribution in [1.82, 2.24) is 10.0 Å². The number of amides is 1. The minimum atomic E-state index is -3.53. The summed E-state index contributed by atoms with van der Waals surface area (Å²) in [7, 11) is -3.53. The van der Waals surface area contributed by atoms with Gasteiger partial charge in [0, 0.05) is 29.9 Å². The van der Waals surface area contributed by atoms with Crippen LogP contribution in [0, 0.1) is 5.92 Å². The lowest BCUT2D eigenvalue weighted by atomic mass is 10.1. The molecule has 1 amide bonds. The average molecular weight is 362 g/mol. The molecule has 1 aromatic heterocycles. The molecule has 0 radical (unpaired) electrons. The Morgan fingerprint density at radius 3 is 2.57 bits per heavy atom. The van der Waals surface area contributed by atoms with Gasteiger partial charge in [-0.05, 0) is 38.3 Å². The van der Waals surface area contributed by atoms with Crippen LogP contribution in [0.3, 0.4) is 0 Å². The Balaban J connectivity index is 2.52. The Kier molecular flexibility index (Phi) is 7.19. The largest absolute Gasteiger partial charge is 0.356 e. The number of carbonyl (C=O) groups is 1. The Labute approximate surface area is 142 Å². The lowest BCUT2D eigenvalue weighted by Gasteiger charge is -2.18. The van der Waals surface area contributed by atoms with E-state index >= 15 is 0 Å².